The number of para-hydroxylation sites is 1. The normalized spacial score (nSPS) is 13.3. The number of benzene rings is 1. The lowest BCUT2D eigenvalue weighted by atomic mass is 10.1. The van der Waals surface area contributed by atoms with Crippen molar-refractivity contribution in [3.05, 3.63) is 77.8 Å². The first-order valence-electron chi connectivity index (χ1n) is 8.82. The van der Waals surface area contributed by atoms with Crippen LogP contribution in [0.3, 0.4) is 0 Å². The third-order valence-corrected chi connectivity index (χ3v) is 5.06. The Balaban J connectivity index is 1.42. The van der Waals surface area contributed by atoms with E-state index < -0.39 is 0 Å². The summed E-state index contributed by atoms with van der Waals surface area (Å²) in [5.41, 5.74) is 4.72. The van der Waals surface area contributed by atoms with Gasteiger partial charge < -0.3 is 9.47 Å². The van der Waals surface area contributed by atoms with Crippen LogP contribution in [0.1, 0.15) is 27.3 Å². The van der Waals surface area contributed by atoms with E-state index in [1.807, 2.05) is 57.7 Å². The zero-order chi connectivity index (χ0) is 18.4. The van der Waals surface area contributed by atoms with E-state index in [1.54, 1.807) is 18.7 Å². The number of rotatable bonds is 3. The SMILES string of the molecule is Cn1nc(Cn2ccnc2)c2c1CN(C(=O)c1cnc3ccccc3c1)C2. The summed E-state index contributed by atoms with van der Waals surface area (Å²) in [6.45, 7) is 1.79. The van der Waals surface area contributed by atoms with Crippen molar-refractivity contribution in [3.63, 3.8) is 0 Å². The number of hydrogen-bond acceptors (Lipinski definition) is 4. The van der Waals surface area contributed by atoms with Crippen LogP contribution >= 0.6 is 0 Å². The molecule has 4 aromatic rings. The van der Waals surface area contributed by atoms with Gasteiger partial charge in [0.05, 0.1) is 48.4 Å². The van der Waals surface area contributed by atoms with Gasteiger partial charge >= 0.3 is 0 Å². The lowest BCUT2D eigenvalue weighted by molar-refractivity contribution is 0.0748. The summed E-state index contributed by atoms with van der Waals surface area (Å²) < 4.78 is 3.87. The number of imidazole rings is 1. The number of amides is 1. The maximum absolute atomic E-state index is 13.0. The van der Waals surface area contributed by atoms with E-state index in [0.29, 0.717) is 25.2 Å². The first-order valence-corrected chi connectivity index (χ1v) is 8.82. The van der Waals surface area contributed by atoms with Crippen molar-refractivity contribution in [2.24, 2.45) is 7.05 Å². The van der Waals surface area contributed by atoms with Gasteiger partial charge in [0.25, 0.3) is 5.91 Å². The van der Waals surface area contributed by atoms with Gasteiger partial charge in [-0.05, 0) is 12.1 Å². The van der Waals surface area contributed by atoms with E-state index in [4.69, 9.17) is 0 Å². The number of carbonyl (C=O) groups is 1. The van der Waals surface area contributed by atoms with Gasteiger partial charge in [0.15, 0.2) is 0 Å². The predicted octanol–water partition coefficient (Wildman–Crippen LogP) is 2.37. The molecule has 4 heterocycles. The van der Waals surface area contributed by atoms with Gasteiger partial charge in [0.2, 0.25) is 0 Å². The summed E-state index contributed by atoms with van der Waals surface area (Å²) >= 11 is 0. The van der Waals surface area contributed by atoms with Crippen molar-refractivity contribution < 1.29 is 4.79 Å². The molecule has 0 N–H and O–H groups in total. The van der Waals surface area contributed by atoms with Crippen LogP contribution in [-0.2, 0) is 26.7 Å². The van der Waals surface area contributed by atoms with Gasteiger partial charge in [0, 0.05) is 36.6 Å². The Kier molecular flexibility index (Phi) is 3.53. The second-order valence-electron chi connectivity index (χ2n) is 6.81. The zero-order valence-corrected chi connectivity index (χ0v) is 14.9. The molecule has 0 radical (unpaired) electrons. The van der Waals surface area contributed by atoms with Crippen LogP contribution in [0.2, 0.25) is 0 Å². The number of aryl methyl sites for hydroxylation is 1. The van der Waals surface area contributed by atoms with Crippen LogP contribution in [0, 0.1) is 0 Å². The van der Waals surface area contributed by atoms with Gasteiger partial charge in [-0.3, -0.25) is 14.5 Å². The van der Waals surface area contributed by atoms with E-state index >= 15 is 0 Å². The highest BCUT2D eigenvalue weighted by Gasteiger charge is 2.30. The number of carbonyl (C=O) groups excluding carboxylic acids is 1. The molecule has 1 aliphatic rings. The van der Waals surface area contributed by atoms with Gasteiger partial charge in [0.1, 0.15) is 0 Å². The molecule has 0 bridgehead atoms. The van der Waals surface area contributed by atoms with Crippen molar-refractivity contribution in [2.45, 2.75) is 19.6 Å². The van der Waals surface area contributed by atoms with E-state index in [0.717, 1.165) is 27.9 Å². The van der Waals surface area contributed by atoms with Crippen LogP contribution < -0.4 is 0 Å². The molecule has 0 spiro atoms. The number of nitrogens with zero attached hydrogens (tertiary/aromatic N) is 6. The first kappa shape index (κ1) is 15.7. The second kappa shape index (κ2) is 6.05. The Hall–Kier alpha value is -3.48. The third-order valence-electron chi connectivity index (χ3n) is 5.06. The van der Waals surface area contributed by atoms with E-state index in [2.05, 4.69) is 15.1 Å². The molecular weight excluding hydrogens is 340 g/mol. The summed E-state index contributed by atoms with van der Waals surface area (Å²) in [7, 11) is 1.93. The Morgan fingerprint density at radius 1 is 1.22 bits per heavy atom. The monoisotopic (exact) mass is 358 g/mol. The van der Waals surface area contributed by atoms with Crippen molar-refractivity contribution in [1.82, 2.24) is 29.2 Å². The fraction of sp³-hybridized carbons (Fsp3) is 0.200. The number of aromatic nitrogens is 5. The van der Waals surface area contributed by atoms with E-state index in [9.17, 15) is 4.79 Å². The number of hydrogen-bond donors (Lipinski definition) is 0. The molecule has 1 aromatic carbocycles. The molecule has 134 valence electrons. The molecule has 0 unspecified atom stereocenters. The Morgan fingerprint density at radius 2 is 2.11 bits per heavy atom. The van der Waals surface area contributed by atoms with Gasteiger partial charge in [-0.1, -0.05) is 18.2 Å². The van der Waals surface area contributed by atoms with Crippen molar-refractivity contribution in [3.8, 4) is 0 Å². The minimum atomic E-state index is -0.00182. The average Bonchev–Trinajstić information content (AvgIpc) is 3.41. The highest BCUT2D eigenvalue weighted by Crippen LogP contribution is 2.27. The molecule has 5 rings (SSSR count). The van der Waals surface area contributed by atoms with Gasteiger partial charge in [-0.2, -0.15) is 5.10 Å². The van der Waals surface area contributed by atoms with Gasteiger partial charge in [-0.25, -0.2) is 4.98 Å². The zero-order valence-electron chi connectivity index (χ0n) is 14.9. The summed E-state index contributed by atoms with van der Waals surface area (Å²) in [4.78, 5) is 23.4. The van der Waals surface area contributed by atoms with Crippen LogP contribution in [0.4, 0.5) is 0 Å². The Labute approximate surface area is 155 Å². The number of fused-ring (bicyclic) bond motifs is 2. The quantitative estimate of drug-likeness (QED) is 0.564. The summed E-state index contributed by atoms with van der Waals surface area (Å²) in [6.07, 6.45) is 7.11. The molecule has 0 atom stereocenters. The molecular formula is C20H18N6O. The van der Waals surface area contributed by atoms with Crippen molar-refractivity contribution in [1.29, 1.82) is 0 Å². The van der Waals surface area contributed by atoms with E-state index in [-0.39, 0.29) is 5.91 Å². The molecule has 0 aliphatic carbocycles. The molecule has 0 fully saturated rings. The molecule has 27 heavy (non-hydrogen) atoms. The lowest BCUT2D eigenvalue weighted by Crippen LogP contribution is -2.26. The maximum Gasteiger partial charge on any atom is 0.256 e. The molecule has 0 saturated carbocycles. The third kappa shape index (κ3) is 2.68. The topological polar surface area (TPSA) is 68.8 Å². The molecule has 7 heteroatoms. The average molecular weight is 358 g/mol. The van der Waals surface area contributed by atoms with Crippen LogP contribution in [-0.4, -0.2) is 35.1 Å². The second-order valence-corrected chi connectivity index (χ2v) is 6.81. The Morgan fingerprint density at radius 3 is 2.96 bits per heavy atom. The first-order chi connectivity index (χ1) is 13.2. The fourth-order valence-corrected chi connectivity index (χ4v) is 3.67. The molecule has 7 nitrogen and oxygen atoms in total. The molecule has 0 saturated heterocycles. The van der Waals surface area contributed by atoms with E-state index in [1.165, 1.54) is 0 Å². The molecule has 3 aromatic heterocycles. The lowest BCUT2D eigenvalue weighted by Gasteiger charge is -2.16. The van der Waals surface area contributed by atoms with Gasteiger partial charge in [-0.15, -0.1) is 0 Å². The molecule has 1 aliphatic heterocycles. The minimum Gasteiger partial charge on any atom is -0.331 e. The standard InChI is InChI=1S/C20H18N6O/c1-24-19-12-26(10-16(19)18(23-24)11-25-7-6-21-13-25)20(27)15-8-14-4-2-3-5-17(14)22-9-15/h2-9,13H,10-12H2,1H3. The van der Waals surface area contributed by atoms with Crippen LogP contribution in [0.15, 0.2) is 55.2 Å². The smallest absolute Gasteiger partial charge is 0.256 e. The maximum atomic E-state index is 13.0. The summed E-state index contributed by atoms with van der Waals surface area (Å²) in [5, 5.41) is 5.61. The minimum absolute atomic E-state index is 0.00182. The fourth-order valence-electron chi connectivity index (χ4n) is 3.67. The highest BCUT2D eigenvalue weighted by atomic mass is 16.2. The van der Waals surface area contributed by atoms with Crippen molar-refractivity contribution >= 4 is 16.8 Å². The number of pyridine rings is 1. The predicted molar refractivity (Wildman–Crippen MR) is 99.9 cm³/mol. The highest BCUT2D eigenvalue weighted by molar-refractivity contribution is 5.97. The van der Waals surface area contributed by atoms with Crippen molar-refractivity contribution in [2.75, 3.05) is 0 Å². The summed E-state index contributed by atoms with van der Waals surface area (Å²) in [6, 6.07) is 9.74. The van der Waals surface area contributed by atoms with Crippen LogP contribution in [0.25, 0.3) is 10.9 Å². The Bertz CT molecular complexity index is 1140. The largest absolute Gasteiger partial charge is 0.331 e. The molecule has 1 amide bonds. The van der Waals surface area contributed by atoms with Crippen LogP contribution in [0.5, 0.6) is 0 Å². The summed E-state index contributed by atoms with van der Waals surface area (Å²) in [5.74, 6) is -0.00182.